The van der Waals surface area contributed by atoms with Crippen molar-refractivity contribution in [3.05, 3.63) is 22.4 Å². The molecule has 0 bridgehead atoms. The van der Waals surface area contributed by atoms with Crippen LogP contribution >= 0.6 is 15.9 Å². The van der Waals surface area contributed by atoms with E-state index in [0.717, 1.165) is 50.7 Å². The quantitative estimate of drug-likeness (QED) is 0.789. The fraction of sp³-hybridized carbons (Fsp3) is 0.571. The van der Waals surface area contributed by atoms with Crippen molar-refractivity contribution in [2.45, 2.75) is 55.9 Å². The van der Waals surface area contributed by atoms with Crippen LogP contribution in [-0.2, 0) is 10.0 Å². The van der Waals surface area contributed by atoms with E-state index >= 15 is 0 Å². The molecule has 0 aromatic heterocycles. The van der Waals surface area contributed by atoms with Gasteiger partial charge in [0.1, 0.15) is 10.7 Å². The molecule has 0 aliphatic heterocycles. The molecule has 0 radical (unpaired) electrons. The number of nitrogens with one attached hydrogen (secondary N) is 1. The van der Waals surface area contributed by atoms with E-state index in [2.05, 4.69) is 20.7 Å². The van der Waals surface area contributed by atoms with E-state index in [1.54, 1.807) is 0 Å². The largest absolute Gasteiger partial charge is 0.398 e. The van der Waals surface area contributed by atoms with Gasteiger partial charge in [0.05, 0.1) is 0 Å². The van der Waals surface area contributed by atoms with Crippen LogP contribution in [0.15, 0.2) is 21.5 Å². The second-order valence-corrected chi connectivity index (χ2v) is 8.00. The average molecular weight is 379 g/mol. The molecule has 4 nitrogen and oxygen atoms in total. The minimum atomic E-state index is -3.88. The van der Waals surface area contributed by atoms with Gasteiger partial charge >= 0.3 is 0 Å². The van der Waals surface area contributed by atoms with Gasteiger partial charge in [-0.15, -0.1) is 0 Å². The Bertz CT molecular complexity index is 599. The van der Waals surface area contributed by atoms with Crippen LogP contribution in [0, 0.1) is 5.82 Å². The third-order valence-corrected chi connectivity index (χ3v) is 5.99. The summed E-state index contributed by atoms with van der Waals surface area (Å²) in [4.78, 5) is -0.384. The summed E-state index contributed by atoms with van der Waals surface area (Å²) < 4.78 is 41.6. The van der Waals surface area contributed by atoms with Crippen molar-refractivity contribution < 1.29 is 12.8 Å². The predicted octanol–water partition coefficient (Wildman–Crippen LogP) is 3.56. The zero-order chi connectivity index (χ0) is 15.5. The molecule has 0 saturated heterocycles. The monoisotopic (exact) mass is 378 g/mol. The lowest BCUT2D eigenvalue weighted by atomic mass is 9.97. The molecule has 0 atom stereocenters. The van der Waals surface area contributed by atoms with Crippen LogP contribution < -0.4 is 10.5 Å². The minimum absolute atomic E-state index is 0.125. The fourth-order valence-corrected chi connectivity index (χ4v) is 4.32. The van der Waals surface area contributed by atoms with E-state index in [1.807, 2.05) is 0 Å². The highest BCUT2D eigenvalue weighted by Gasteiger charge is 2.24. The molecule has 1 fully saturated rings. The Hall–Kier alpha value is -0.660. The number of rotatable bonds is 3. The first kappa shape index (κ1) is 16.7. The van der Waals surface area contributed by atoms with Crippen LogP contribution in [0.25, 0.3) is 0 Å². The molecule has 3 N–H and O–H groups in total. The van der Waals surface area contributed by atoms with E-state index in [9.17, 15) is 12.8 Å². The Morgan fingerprint density at radius 2 is 1.71 bits per heavy atom. The van der Waals surface area contributed by atoms with Crippen LogP contribution in [0.5, 0.6) is 0 Å². The summed E-state index contributed by atoms with van der Waals surface area (Å²) in [6.45, 7) is 0. The molecule has 7 heteroatoms. The van der Waals surface area contributed by atoms with Crippen LogP contribution in [-0.4, -0.2) is 14.5 Å². The first-order valence-electron chi connectivity index (χ1n) is 7.17. The smallest absolute Gasteiger partial charge is 0.243 e. The van der Waals surface area contributed by atoms with Gasteiger partial charge in [-0.25, -0.2) is 17.5 Å². The Morgan fingerprint density at radius 3 is 2.33 bits per heavy atom. The number of anilines is 1. The number of halogens is 2. The molecule has 0 unspecified atom stereocenters. The van der Waals surface area contributed by atoms with Crippen molar-refractivity contribution in [2.75, 3.05) is 5.73 Å². The van der Waals surface area contributed by atoms with Gasteiger partial charge in [-0.3, -0.25) is 0 Å². The van der Waals surface area contributed by atoms with E-state index < -0.39 is 15.8 Å². The highest BCUT2D eigenvalue weighted by Crippen LogP contribution is 2.27. The van der Waals surface area contributed by atoms with Crippen molar-refractivity contribution in [1.82, 2.24) is 4.72 Å². The van der Waals surface area contributed by atoms with Crippen molar-refractivity contribution in [3.8, 4) is 0 Å². The molecule has 2 rings (SSSR count). The van der Waals surface area contributed by atoms with Gasteiger partial charge in [0, 0.05) is 16.2 Å². The summed E-state index contributed by atoms with van der Waals surface area (Å²) in [5.41, 5.74) is 5.86. The van der Waals surface area contributed by atoms with E-state index in [-0.39, 0.29) is 16.6 Å². The van der Waals surface area contributed by atoms with Gasteiger partial charge in [-0.2, -0.15) is 0 Å². The minimum Gasteiger partial charge on any atom is -0.398 e. The maximum atomic E-state index is 13.9. The molecule has 1 aliphatic rings. The standard InChI is InChI=1S/C14H20BrFN2O2S/c15-11-8-12(16)14(9-13(11)17)21(19,20)18-10-6-4-2-1-3-5-7-10/h8-10,18H,1-7,17H2. The first-order valence-corrected chi connectivity index (χ1v) is 9.44. The second-order valence-electron chi connectivity index (χ2n) is 5.47. The number of nitrogens with two attached hydrogens (primary N) is 1. The Kier molecular flexibility index (Phi) is 5.62. The van der Waals surface area contributed by atoms with Crippen LogP contribution in [0.3, 0.4) is 0 Å². The molecule has 0 heterocycles. The number of sulfonamides is 1. The lowest BCUT2D eigenvalue weighted by molar-refractivity contribution is 0.425. The highest BCUT2D eigenvalue weighted by atomic mass is 79.9. The van der Waals surface area contributed by atoms with Gasteiger partial charge in [0.2, 0.25) is 10.0 Å². The summed E-state index contributed by atoms with van der Waals surface area (Å²) in [6.07, 6.45) is 7.04. The molecule has 118 valence electrons. The summed E-state index contributed by atoms with van der Waals surface area (Å²) >= 11 is 3.08. The highest BCUT2D eigenvalue weighted by molar-refractivity contribution is 9.10. The van der Waals surface area contributed by atoms with Gasteiger partial charge in [0.15, 0.2) is 0 Å². The molecule has 0 spiro atoms. The van der Waals surface area contributed by atoms with Crippen LogP contribution in [0.1, 0.15) is 44.9 Å². The number of hydrogen-bond donors (Lipinski definition) is 2. The maximum Gasteiger partial charge on any atom is 0.243 e. The molecule has 1 aromatic carbocycles. The second kappa shape index (κ2) is 7.07. The molecule has 1 aliphatic carbocycles. The fourth-order valence-electron chi connectivity index (χ4n) is 2.61. The molecule has 1 saturated carbocycles. The molecule has 1 aromatic rings. The van der Waals surface area contributed by atoms with E-state index in [4.69, 9.17) is 5.73 Å². The van der Waals surface area contributed by atoms with Gasteiger partial charge in [0.25, 0.3) is 0 Å². The van der Waals surface area contributed by atoms with Crippen molar-refractivity contribution in [1.29, 1.82) is 0 Å². The zero-order valence-electron chi connectivity index (χ0n) is 11.7. The molecule has 21 heavy (non-hydrogen) atoms. The maximum absolute atomic E-state index is 13.9. The zero-order valence-corrected chi connectivity index (χ0v) is 14.1. The molecular weight excluding hydrogens is 359 g/mol. The third kappa shape index (κ3) is 4.40. The summed E-state index contributed by atoms with van der Waals surface area (Å²) in [6, 6.07) is 2.12. The van der Waals surface area contributed by atoms with E-state index in [1.165, 1.54) is 6.42 Å². The Balaban J connectivity index is 2.19. The number of nitrogen functional groups attached to an aromatic ring is 1. The Morgan fingerprint density at radius 1 is 1.14 bits per heavy atom. The Labute approximate surface area is 133 Å². The van der Waals surface area contributed by atoms with Gasteiger partial charge < -0.3 is 5.73 Å². The lowest BCUT2D eigenvalue weighted by Crippen LogP contribution is -2.35. The predicted molar refractivity (Wildman–Crippen MR) is 84.9 cm³/mol. The molecular formula is C14H20BrFN2O2S. The lowest BCUT2D eigenvalue weighted by Gasteiger charge is -2.21. The normalized spacial score (nSPS) is 18.2. The third-order valence-electron chi connectivity index (χ3n) is 3.77. The summed E-state index contributed by atoms with van der Waals surface area (Å²) in [5.74, 6) is -0.797. The van der Waals surface area contributed by atoms with Crippen molar-refractivity contribution in [2.24, 2.45) is 0 Å². The van der Waals surface area contributed by atoms with E-state index in [0.29, 0.717) is 4.47 Å². The average Bonchev–Trinajstić information content (AvgIpc) is 2.36. The van der Waals surface area contributed by atoms with Crippen LogP contribution in [0.4, 0.5) is 10.1 Å². The first-order chi connectivity index (χ1) is 9.90. The number of benzene rings is 1. The number of hydrogen-bond acceptors (Lipinski definition) is 3. The summed E-state index contributed by atoms with van der Waals surface area (Å²) in [7, 11) is -3.88. The van der Waals surface area contributed by atoms with Gasteiger partial charge in [-0.05, 0) is 40.9 Å². The SMILES string of the molecule is Nc1cc(S(=O)(=O)NC2CCCCCCC2)c(F)cc1Br. The van der Waals surface area contributed by atoms with Crippen molar-refractivity contribution >= 4 is 31.6 Å². The van der Waals surface area contributed by atoms with Crippen LogP contribution in [0.2, 0.25) is 0 Å². The molecule has 0 amide bonds. The summed E-state index contributed by atoms with van der Waals surface area (Å²) in [5, 5.41) is 0. The van der Waals surface area contributed by atoms with Crippen molar-refractivity contribution in [3.63, 3.8) is 0 Å². The topological polar surface area (TPSA) is 72.2 Å². The van der Waals surface area contributed by atoms with Gasteiger partial charge in [-0.1, -0.05) is 32.1 Å².